The highest BCUT2D eigenvalue weighted by Gasteiger charge is 2.09. The first-order chi connectivity index (χ1) is 15.2. The van der Waals surface area contributed by atoms with Gasteiger partial charge in [-0.2, -0.15) is 0 Å². The number of aromatic nitrogens is 1. The van der Waals surface area contributed by atoms with Gasteiger partial charge in [-0.1, -0.05) is 70.2 Å². The summed E-state index contributed by atoms with van der Waals surface area (Å²) in [5.41, 5.74) is 3.64. The summed E-state index contributed by atoms with van der Waals surface area (Å²) in [6.07, 6.45) is 11.8. The molecule has 3 aromatic rings. The van der Waals surface area contributed by atoms with Crippen molar-refractivity contribution < 1.29 is 9.53 Å². The first-order valence-electron chi connectivity index (χ1n) is 11.6. The van der Waals surface area contributed by atoms with Crippen LogP contribution in [0.3, 0.4) is 0 Å². The van der Waals surface area contributed by atoms with E-state index in [2.05, 4.69) is 43.1 Å². The smallest absolute Gasteiger partial charge is 0.311 e. The summed E-state index contributed by atoms with van der Waals surface area (Å²) in [7, 11) is 0. The fourth-order valence-corrected chi connectivity index (χ4v) is 4.43. The summed E-state index contributed by atoms with van der Waals surface area (Å²) >= 11 is 1.68. The van der Waals surface area contributed by atoms with Gasteiger partial charge < -0.3 is 4.74 Å². The highest BCUT2D eigenvalue weighted by molar-refractivity contribution is 7.18. The molecule has 0 saturated carbocycles. The second-order valence-electron chi connectivity index (χ2n) is 7.99. The van der Waals surface area contributed by atoms with Gasteiger partial charge in [0.05, 0.1) is 4.88 Å². The van der Waals surface area contributed by atoms with E-state index >= 15 is 0 Å². The van der Waals surface area contributed by atoms with Crippen molar-refractivity contribution in [1.82, 2.24) is 4.98 Å². The molecule has 164 valence electrons. The summed E-state index contributed by atoms with van der Waals surface area (Å²) in [5.74, 6) is 0.444. The van der Waals surface area contributed by atoms with E-state index in [9.17, 15) is 4.79 Å². The number of carbonyl (C=O) groups is 1. The van der Waals surface area contributed by atoms with Crippen LogP contribution in [0.25, 0.3) is 21.0 Å². The third-order valence-corrected chi connectivity index (χ3v) is 6.48. The Labute approximate surface area is 190 Å². The number of nitrogens with zero attached hydrogens (tertiary/aromatic N) is 1. The molecule has 31 heavy (non-hydrogen) atoms. The fraction of sp³-hybridized carbons (Fsp3) is 0.407. The molecule has 3 rings (SSSR count). The second kappa shape index (κ2) is 12.4. The predicted molar refractivity (Wildman–Crippen MR) is 131 cm³/mol. The molecule has 0 aliphatic heterocycles. The maximum Gasteiger partial charge on any atom is 0.311 e. The Hall–Kier alpha value is -2.46. The van der Waals surface area contributed by atoms with Gasteiger partial charge in [-0.05, 0) is 54.7 Å². The van der Waals surface area contributed by atoms with Crippen LogP contribution >= 0.6 is 11.3 Å². The third kappa shape index (κ3) is 7.32. The molecule has 0 bridgehead atoms. The molecule has 0 radical (unpaired) electrons. The normalized spacial score (nSPS) is 10.9. The summed E-state index contributed by atoms with van der Waals surface area (Å²) in [4.78, 5) is 17.6. The minimum atomic E-state index is -0.157. The molecule has 0 spiro atoms. The summed E-state index contributed by atoms with van der Waals surface area (Å²) in [6.45, 7) is 4.37. The summed E-state index contributed by atoms with van der Waals surface area (Å²) in [6, 6.07) is 16.5. The highest BCUT2D eigenvalue weighted by atomic mass is 32.1. The number of hydrogen-bond donors (Lipinski definition) is 0. The lowest BCUT2D eigenvalue weighted by Crippen LogP contribution is -2.07. The Balaban J connectivity index is 1.57. The molecule has 4 heteroatoms. The Morgan fingerprint density at radius 2 is 1.52 bits per heavy atom. The van der Waals surface area contributed by atoms with E-state index in [1.807, 2.05) is 30.5 Å². The number of hydrogen-bond acceptors (Lipinski definition) is 4. The van der Waals surface area contributed by atoms with Gasteiger partial charge in [-0.3, -0.25) is 4.79 Å². The van der Waals surface area contributed by atoms with E-state index < -0.39 is 0 Å². The number of ether oxygens (including phenoxy) is 1. The lowest BCUT2D eigenvalue weighted by molar-refractivity contribution is -0.134. The summed E-state index contributed by atoms with van der Waals surface area (Å²) < 4.78 is 5.43. The van der Waals surface area contributed by atoms with Gasteiger partial charge >= 0.3 is 5.97 Å². The van der Waals surface area contributed by atoms with Crippen LogP contribution in [0, 0.1) is 0 Å². The first-order valence-corrected chi connectivity index (χ1v) is 12.4. The Kier molecular flexibility index (Phi) is 9.29. The van der Waals surface area contributed by atoms with Crippen molar-refractivity contribution in [3.63, 3.8) is 0 Å². The molecule has 1 aromatic heterocycles. The topological polar surface area (TPSA) is 39.2 Å². The lowest BCUT2D eigenvalue weighted by atomic mass is 10.0. The number of carbonyl (C=O) groups excluding carboxylic acids is 1. The van der Waals surface area contributed by atoms with Crippen LogP contribution in [0.15, 0.2) is 54.7 Å². The highest BCUT2D eigenvalue weighted by Crippen LogP contribution is 2.33. The standard InChI is InChI=1S/C27H33NO2S/c1-3-5-7-9-10-21-12-14-23(15-13-21)27-28-20-25(31-27)22-16-18-24(19-17-22)30-26(29)11-8-6-4-2/h12-20H,3-11H2,1-2H3. The van der Waals surface area contributed by atoms with Crippen molar-refractivity contribution in [3.8, 4) is 26.8 Å². The minimum absolute atomic E-state index is 0.157. The number of thiazole rings is 1. The van der Waals surface area contributed by atoms with Gasteiger partial charge in [-0.15, -0.1) is 11.3 Å². The Bertz CT molecular complexity index is 929. The SMILES string of the molecule is CCCCCCc1ccc(-c2ncc(-c3ccc(OC(=O)CCCCC)cc3)s2)cc1. The van der Waals surface area contributed by atoms with Crippen molar-refractivity contribution in [2.75, 3.05) is 0 Å². The fourth-order valence-electron chi connectivity index (χ4n) is 3.50. The molecule has 0 aliphatic rings. The van der Waals surface area contributed by atoms with Gasteiger partial charge in [0.15, 0.2) is 0 Å². The maximum absolute atomic E-state index is 11.9. The number of esters is 1. The molecular formula is C27H33NO2S. The van der Waals surface area contributed by atoms with E-state index in [-0.39, 0.29) is 5.97 Å². The van der Waals surface area contributed by atoms with E-state index in [1.54, 1.807) is 11.3 Å². The molecule has 3 nitrogen and oxygen atoms in total. The van der Waals surface area contributed by atoms with Crippen LogP contribution in [0.1, 0.15) is 70.8 Å². The number of rotatable bonds is 12. The molecule has 0 unspecified atom stereocenters. The van der Waals surface area contributed by atoms with Crippen LogP contribution in [0.2, 0.25) is 0 Å². The Morgan fingerprint density at radius 3 is 2.23 bits per heavy atom. The van der Waals surface area contributed by atoms with Crippen molar-refractivity contribution >= 4 is 17.3 Å². The quantitative estimate of drug-likeness (QED) is 0.164. The molecule has 0 fully saturated rings. The zero-order chi connectivity index (χ0) is 21.9. The summed E-state index contributed by atoms with van der Waals surface area (Å²) in [5, 5.41) is 1.03. The van der Waals surface area contributed by atoms with Gasteiger partial charge in [0.2, 0.25) is 0 Å². The molecule has 0 atom stereocenters. The molecule has 0 amide bonds. The number of benzene rings is 2. The van der Waals surface area contributed by atoms with Crippen molar-refractivity contribution in [2.24, 2.45) is 0 Å². The average molecular weight is 436 g/mol. The van der Waals surface area contributed by atoms with Gasteiger partial charge in [0.1, 0.15) is 10.8 Å². The van der Waals surface area contributed by atoms with Crippen LogP contribution < -0.4 is 4.74 Å². The zero-order valence-corrected chi connectivity index (χ0v) is 19.5. The maximum atomic E-state index is 11.9. The van der Waals surface area contributed by atoms with Crippen molar-refractivity contribution in [3.05, 3.63) is 60.3 Å². The molecule has 0 aliphatic carbocycles. The van der Waals surface area contributed by atoms with E-state index in [0.717, 1.165) is 46.7 Å². The lowest BCUT2D eigenvalue weighted by Gasteiger charge is -2.05. The van der Waals surface area contributed by atoms with Crippen LogP contribution in [-0.2, 0) is 11.2 Å². The van der Waals surface area contributed by atoms with Crippen LogP contribution in [0.5, 0.6) is 5.75 Å². The van der Waals surface area contributed by atoms with Crippen molar-refractivity contribution in [2.45, 2.75) is 71.6 Å². The minimum Gasteiger partial charge on any atom is -0.427 e. The van der Waals surface area contributed by atoms with E-state index in [1.165, 1.54) is 31.2 Å². The monoisotopic (exact) mass is 435 g/mol. The Morgan fingerprint density at radius 1 is 0.839 bits per heavy atom. The van der Waals surface area contributed by atoms with Gasteiger partial charge in [0.25, 0.3) is 0 Å². The second-order valence-corrected chi connectivity index (χ2v) is 9.02. The number of aryl methyl sites for hydroxylation is 1. The first kappa shape index (κ1) is 23.2. The largest absolute Gasteiger partial charge is 0.427 e. The zero-order valence-electron chi connectivity index (χ0n) is 18.7. The van der Waals surface area contributed by atoms with Crippen LogP contribution in [-0.4, -0.2) is 11.0 Å². The molecule has 0 N–H and O–H groups in total. The van der Waals surface area contributed by atoms with Gasteiger partial charge in [0, 0.05) is 18.2 Å². The average Bonchev–Trinajstić information content (AvgIpc) is 3.28. The molecule has 0 saturated heterocycles. The third-order valence-electron chi connectivity index (χ3n) is 5.38. The van der Waals surface area contributed by atoms with Crippen LogP contribution in [0.4, 0.5) is 0 Å². The van der Waals surface area contributed by atoms with Gasteiger partial charge in [-0.25, -0.2) is 4.98 Å². The van der Waals surface area contributed by atoms with Crippen molar-refractivity contribution in [1.29, 1.82) is 0 Å². The van der Waals surface area contributed by atoms with E-state index in [0.29, 0.717) is 12.2 Å². The molecule has 1 heterocycles. The van der Waals surface area contributed by atoms with E-state index in [4.69, 9.17) is 4.74 Å². The number of unbranched alkanes of at least 4 members (excludes halogenated alkanes) is 5. The molecular weight excluding hydrogens is 402 g/mol. The molecule has 2 aromatic carbocycles. The predicted octanol–water partition coefficient (Wildman–Crippen LogP) is 8.09.